The van der Waals surface area contributed by atoms with Gasteiger partial charge in [-0.2, -0.15) is 0 Å². The van der Waals surface area contributed by atoms with Crippen molar-refractivity contribution in [2.45, 2.75) is 19.6 Å². The highest BCUT2D eigenvalue weighted by Crippen LogP contribution is 2.25. The highest BCUT2D eigenvalue weighted by Gasteiger charge is 2.07. The summed E-state index contributed by atoms with van der Waals surface area (Å²) in [6.45, 7) is 2.21. The summed E-state index contributed by atoms with van der Waals surface area (Å²) in [7, 11) is 0. The van der Waals surface area contributed by atoms with E-state index < -0.39 is 6.10 Å². The van der Waals surface area contributed by atoms with E-state index in [1.165, 1.54) is 0 Å². The molecule has 0 aliphatic rings. The maximum Gasteiger partial charge on any atom is 0.125 e. The molecule has 17 heavy (non-hydrogen) atoms. The van der Waals surface area contributed by atoms with E-state index in [1.54, 1.807) is 19.3 Å². The summed E-state index contributed by atoms with van der Waals surface area (Å²) in [4.78, 5) is 3.95. The molecule has 1 aromatic heterocycles. The lowest BCUT2D eigenvalue weighted by Gasteiger charge is -2.13. The number of aromatic nitrogens is 1. The van der Waals surface area contributed by atoms with Crippen LogP contribution < -0.4 is 4.74 Å². The first-order valence-corrected chi connectivity index (χ1v) is 5.56. The molecule has 1 heterocycles. The van der Waals surface area contributed by atoms with Crippen LogP contribution >= 0.6 is 0 Å². The number of aliphatic hydroxyl groups is 1. The standard InChI is InChI=1S/C14H15NO2/c1-11(16)13-4-2-3-5-14(13)17-10-12-6-8-15-9-7-12/h2-9,11,16H,10H2,1H3/t11-/m0/s1. The summed E-state index contributed by atoms with van der Waals surface area (Å²) in [5, 5.41) is 9.61. The number of benzene rings is 1. The van der Waals surface area contributed by atoms with Crippen LogP contribution in [0.5, 0.6) is 5.75 Å². The zero-order valence-electron chi connectivity index (χ0n) is 9.71. The maximum atomic E-state index is 9.61. The zero-order valence-corrected chi connectivity index (χ0v) is 9.71. The molecule has 0 saturated carbocycles. The van der Waals surface area contributed by atoms with Gasteiger partial charge in [0.2, 0.25) is 0 Å². The number of rotatable bonds is 4. The molecule has 0 radical (unpaired) electrons. The van der Waals surface area contributed by atoms with Gasteiger partial charge in [-0.15, -0.1) is 0 Å². The third kappa shape index (κ3) is 3.04. The van der Waals surface area contributed by atoms with E-state index in [2.05, 4.69) is 4.98 Å². The molecule has 0 bridgehead atoms. The average molecular weight is 229 g/mol. The van der Waals surface area contributed by atoms with Crippen molar-refractivity contribution < 1.29 is 9.84 Å². The average Bonchev–Trinajstić information content (AvgIpc) is 2.38. The van der Waals surface area contributed by atoms with Crippen molar-refractivity contribution in [2.75, 3.05) is 0 Å². The molecule has 3 nitrogen and oxygen atoms in total. The van der Waals surface area contributed by atoms with Crippen molar-refractivity contribution in [1.29, 1.82) is 0 Å². The Kier molecular flexibility index (Phi) is 3.73. The monoisotopic (exact) mass is 229 g/mol. The first-order chi connectivity index (χ1) is 8.27. The molecule has 0 amide bonds. The Bertz CT molecular complexity index is 469. The van der Waals surface area contributed by atoms with Gasteiger partial charge in [0.15, 0.2) is 0 Å². The Balaban J connectivity index is 2.09. The topological polar surface area (TPSA) is 42.4 Å². The normalized spacial score (nSPS) is 12.1. The third-order valence-corrected chi connectivity index (χ3v) is 2.51. The van der Waals surface area contributed by atoms with E-state index in [0.29, 0.717) is 6.61 Å². The van der Waals surface area contributed by atoms with Crippen molar-refractivity contribution in [2.24, 2.45) is 0 Å². The molecule has 2 aromatic rings. The summed E-state index contributed by atoms with van der Waals surface area (Å²) in [5.41, 5.74) is 1.86. The molecule has 1 atom stereocenters. The summed E-state index contributed by atoms with van der Waals surface area (Å²) in [6, 6.07) is 11.3. The molecule has 0 saturated heterocycles. The number of nitrogens with zero attached hydrogens (tertiary/aromatic N) is 1. The second-order valence-electron chi connectivity index (χ2n) is 3.86. The van der Waals surface area contributed by atoms with E-state index in [-0.39, 0.29) is 0 Å². The highest BCUT2D eigenvalue weighted by atomic mass is 16.5. The fourth-order valence-electron chi connectivity index (χ4n) is 1.60. The number of pyridine rings is 1. The number of hydrogen-bond acceptors (Lipinski definition) is 3. The number of aliphatic hydroxyl groups excluding tert-OH is 1. The van der Waals surface area contributed by atoms with Gasteiger partial charge < -0.3 is 9.84 Å². The van der Waals surface area contributed by atoms with E-state index >= 15 is 0 Å². The van der Waals surface area contributed by atoms with Gasteiger partial charge in [-0.05, 0) is 30.7 Å². The van der Waals surface area contributed by atoms with Gasteiger partial charge in [0.25, 0.3) is 0 Å². The molecule has 0 spiro atoms. The molecule has 0 aliphatic heterocycles. The molecule has 0 fully saturated rings. The van der Waals surface area contributed by atoms with Crippen molar-refractivity contribution >= 4 is 0 Å². The van der Waals surface area contributed by atoms with Crippen molar-refractivity contribution in [3.8, 4) is 5.75 Å². The van der Waals surface area contributed by atoms with Crippen molar-refractivity contribution in [3.05, 3.63) is 59.9 Å². The summed E-state index contributed by atoms with van der Waals surface area (Å²) in [6.07, 6.45) is 2.95. The second-order valence-corrected chi connectivity index (χ2v) is 3.86. The number of hydrogen-bond donors (Lipinski definition) is 1. The molecular formula is C14H15NO2. The largest absolute Gasteiger partial charge is 0.489 e. The van der Waals surface area contributed by atoms with Crippen LogP contribution in [0.4, 0.5) is 0 Å². The minimum Gasteiger partial charge on any atom is -0.489 e. The molecule has 0 aliphatic carbocycles. The molecule has 88 valence electrons. The van der Waals surface area contributed by atoms with Crippen LogP contribution in [0.3, 0.4) is 0 Å². The first-order valence-electron chi connectivity index (χ1n) is 5.56. The van der Waals surface area contributed by atoms with Crippen LogP contribution in [0.15, 0.2) is 48.8 Å². The molecule has 3 heteroatoms. The second kappa shape index (κ2) is 5.46. The van der Waals surface area contributed by atoms with E-state index in [9.17, 15) is 5.11 Å². The Morgan fingerprint density at radius 3 is 2.59 bits per heavy atom. The summed E-state index contributed by atoms with van der Waals surface area (Å²) >= 11 is 0. The van der Waals surface area contributed by atoms with Gasteiger partial charge in [0.1, 0.15) is 12.4 Å². The van der Waals surface area contributed by atoms with Gasteiger partial charge in [-0.1, -0.05) is 18.2 Å². The smallest absolute Gasteiger partial charge is 0.125 e. The predicted molar refractivity (Wildman–Crippen MR) is 65.6 cm³/mol. The van der Waals surface area contributed by atoms with Crippen LogP contribution in [-0.4, -0.2) is 10.1 Å². The van der Waals surface area contributed by atoms with Gasteiger partial charge in [0, 0.05) is 18.0 Å². The Hall–Kier alpha value is -1.87. The van der Waals surface area contributed by atoms with Crippen LogP contribution in [0, 0.1) is 0 Å². The van der Waals surface area contributed by atoms with Gasteiger partial charge in [-0.25, -0.2) is 0 Å². The molecular weight excluding hydrogens is 214 g/mol. The number of para-hydroxylation sites is 1. The lowest BCUT2D eigenvalue weighted by molar-refractivity contribution is 0.190. The minimum atomic E-state index is -0.524. The maximum absolute atomic E-state index is 9.61. The van der Waals surface area contributed by atoms with E-state index in [1.807, 2.05) is 36.4 Å². The van der Waals surface area contributed by atoms with Crippen LogP contribution in [0.2, 0.25) is 0 Å². The molecule has 1 N–H and O–H groups in total. The quantitative estimate of drug-likeness (QED) is 0.876. The summed E-state index contributed by atoms with van der Waals surface area (Å²) in [5.74, 6) is 0.722. The van der Waals surface area contributed by atoms with Gasteiger partial charge in [0.05, 0.1) is 6.10 Å². The van der Waals surface area contributed by atoms with Crippen molar-refractivity contribution in [3.63, 3.8) is 0 Å². The van der Waals surface area contributed by atoms with Crippen LogP contribution in [-0.2, 0) is 6.61 Å². The summed E-state index contributed by atoms with van der Waals surface area (Å²) < 4.78 is 5.70. The SMILES string of the molecule is C[C@H](O)c1ccccc1OCc1ccncc1. The third-order valence-electron chi connectivity index (χ3n) is 2.51. The Morgan fingerprint density at radius 2 is 1.88 bits per heavy atom. The fraction of sp³-hybridized carbons (Fsp3) is 0.214. The highest BCUT2D eigenvalue weighted by molar-refractivity contribution is 5.34. The molecule has 2 rings (SSSR count). The first kappa shape index (κ1) is 11.6. The molecule has 1 aromatic carbocycles. The predicted octanol–water partition coefficient (Wildman–Crippen LogP) is 2.71. The van der Waals surface area contributed by atoms with Crippen LogP contribution in [0.1, 0.15) is 24.2 Å². The lowest BCUT2D eigenvalue weighted by atomic mass is 10.1. The van der Waals surface area contributed by atoms with E-state index in [4.69, 9.17) is 4.74 Å². The van der Waals surface area contributed by atoms with Crippen LogP contribution in [0.25, 0.3) is 0 Å². The number of ether oxygens (including phenoxy) is 1. The molecule has 0 unspecified atom stereocenters. The minimum absolute atomic E-state index is 0.478. The Labute approximate surface area is 101 Å². The Morgan fingerprint density at radius 1 is 1.18 bits per heavy atom. The van der Waals surface area contributed by atoms with Gasteiger partial charge in [-0.3, -0.25) is 4.98 Å². The van der Waals surface area contributed by atoms with Crippen molar-refractivity contribution in [1.82, 2.24) is 4.98 Å². The van der Waals surface area contributed by atoms with Gasteiger partial charge >= 0.3 is 0 Å². The fourth-order valence-corrected chi connectivity index (χ4v) is 1.60. The lowest BCUT2D eigenvalue weighted by Crippen LogP contribution is -2.00. The van der Waals surface area contributed by atoms with E-state index in [0.717, 1.165) is 16.9 Å². The zero-order chi connectivity index (χ0) is 12.1.